The van der Waals surface area contributed by atoms with E-state index in [0.717, 1.165) is 11.8 Å². The highest BCUT2D eigenvalue weighted by Crippen LogP contribution is 2.31. The average Bonchev–Trinajstić information content (AvgIpc) is 2.86. The van der Waals surface area contributed by atoms with Gasteiger partial charge in [0, 0.05) is 22.4 Å². The van der Waals surface area contributed by atoms with Crippen molar-refractivity contribution in [2.45, 2.75) is 32.2 Å². The third-order valence-electron chi connectivity index (χ3n) is 3.18. The van der Waals surface area contributed by atoms with Gasteiger partial charge in [0.1, 0.15) is 10.8 Å². The molecule has 0 amide bonds. The van der Waals surface area contributed by atoms with Gasteiger partial charge in [-0.05, 0) is 13.1 Å². The van der Waals surface area contributed by atoms with Crippen molar-refractivity contribution in [3.63, 3.8) is 0 Å². The fourth-order valence-electron chi connectivity index (χ4n) is 1.94. The van der Waals surface area contributed by atoms with E-state index in [1.807, 2.05) is 26.2 Å². The summed E-state index contributed by atoms with van der Waals surface area (Å²) in [5.74, 6) is -3.05. The maximum Gasteiger partial charge on any atom is 0.161 e. The molecule has 0 radical (unpaired) electrons. The van der Waals surface area contributed by atoms with E-state index in [1.54, 1.807) is 7.05 Å². The summed E-state index contributed by atoms with van der Waals surface area (Å²) in [7, 11) is 1.63. The smallest absolute Gasteiger partial charge is 0.161 e. The van der Waals surface area contributed by atoms with Gasteiger partial charge in [-0.2, -0.15) is 0 Å². The van der Waals surface area contributed by atoms with Gasteiger partial charge in [0.15, 0.2) is 11.6 Å². The molecule has 0 fully saturated rings. The molecule has 0 aliphatic heterocycles. The van der Waals surface area contributed by atoms with Gasteiger partial charge in [-0.15, -0.1) is 11.3 Å². The van der Waals surface area contributed by atoms with Crippen molar-refractivity contribution in [1.82, 2.24) is 10.3 Å². The maximum atomic E-state index is 13.9. The Kier molecular flexibility index (Phi) is 4.39. The Balaban J connectivity index is 2.45. The molecule has 2 nitrogen and oxygen atoms in total. The fourth-order valence-corrected chi connectivity index (χ4v) is 3.11. The summed E-state index contributed by atoms with van der Waals surface area (Å²) in [6.07, 6.45) is 0. The van der Waals surface area contributed by atoms with Gasteiger partial charge >= 0.3 is 0 Å². The molecule has 6 heteroatoms. The van der Waals surface area contributed by atoms with Crippen LogP contribution in [0.25, 0.3) is 0 Å². The van der Waals surface area contributed by atoms with Gasteiger partial charge in [-0.25, -0.2) is 18.2 Å². The summed E-state index contributed by atoms with van der Waals surface area (Å²) in [6.45, 7) is 6.08. The van der Waals surface area contributed by atoms with Gasteiger partial charge in [-0.1, -0.05) is 20.8 Å². The molecule has 0 spiro atoms. The number of halogens is 3. The molecule has 21 heavy (non-hydrogen) atoms. The second-order valence-electron chi connectivity index (χ2n) is 5.83. The zero-order valence-electron chi connectivity index (χ0n) is 12.3. The van der Waals surface area contributed by atoms with Crippen LogP contribution in [0.3, 0.4) is 0 Å². The minimum Gasteiger partial charge on any atom is -0.307 e. The highest BCUT2D eigenvalue weighted by molar-refractivity contribution is 7.09. The van der Waals surface area contributed by atoms with Crippen molar-refractivity contribution >= 4 is 11.3 Å². The molecular weight excluding hydrogens is 297 g/mol. The summed E-state index contributed by atoms with van der Waals surface area (Å²) >= 11 is 1.37. The van der Waals surface area contributed by atoms with E-state index < -0.39 is 23.5 Å². The van der Waals surface area contributed by atoms with Gasteiger partial charge in [0.2, 0.25) is 0 Å². The molecule has 0 saturated heterocycles. The van der Waals surface area contributed by atoms with E-state index in [2.05, 4.69) is 10.3 Å². The zero-order chi connectivity index (χ0) is 15.8. The van der Waals surface area contributed by atoms with Gasteiger partial charge in [-0.3, -0.25) is 0 Å². The number of hydrogen-bond donors (Lipinski definition) is 1. The second kappa shape index (κ2) is 5.77. The molecule has 1 atom stereocenters. The van der Waals surface area contributed by atoms with E-state index >= 15 is 0 Å². The van der Waals surface area contributed by atoms with E-state index in [0.29, 0.717) is 11.1 Å². The number of hydrogen-bond acceptors (Lipinski definition) is 3. The Morgan fingerprint density at radius 3 is 2.24 bits per heavy atom. The second-order valence-corrected chi connectivity index (χ2v) is 6.72. The normalized spacial score (nSPS) is 13.5. The molecule has 1 unspecified atom stereocenters. The highest BCUT2D eigenvalue weighted by Gasteiger charge is 2.24. The van der Waals surface area contributed by atoms with Crippen LogP contribution in [0.1, 0.15) is 43.1 Å². The molecule has 1 aromatic carbocycles. The van der Waals surface area contributed by atoms with Crippen molar-refractivity contribution < 1.29 is 13.2 Å². The zero-order valence-corrected chi connectivity index (χ0v) is 13.1. The molecule has 0 saturated carbocycles. The quantitative estimate of drug-likeness (QED) is 0.860. The van der Waals surface area contributed by atoms with Crippen LogP contribution in [-0.2, 0) is 5.41 Å². The average molecular weight is 314 g/mol. The minimum atomic E-state index is -1.19. The van der Waals surface area contributed by atoms with Crippen LogP contribution in [0, 0.1) is 17.5 Å². The Morgan fingerprint density at radius 1 is 1.10 bits per heavy atom. The standard InChI is InChI=1S/C15H17F3N2S/c1-15(2,3)12-7-21-14(20-12)13(19-4)8-5-10(17)11(18)6-9(8)16/h5-7,13,19H,1-4H3. The highest BCUT2D eigenvalue weighted by atomic mass is 32.1. The first-order valence-electron chi connectivity index (χ1n) is 6.51. The lowest BCUT2D eigenvalue weighted by molar-refractivity contribution is 0.483. The van der Waals surface area contributed by atoms with Gasteiger partial charge in [0.25, 0.3) is 0 Å². The summed E-state index contributed by atoms with van der Waals surface area (Å²) in [4.78, 5) is 4.50. The van der Waals surface area contributed by atoms with Crippen LogP contribution in [0.2, 0.25) is 0 Å². The summed E-state index contributed by atoms with van der Waals surface area (Å²) in [5, 5.41) is 5.42. The van der Waals surface area contributed by atoms with Crippen LogP contribution in [0.5, 0.6) is 0 Å². The lowest BCUT2D eigenvalue weighted by Gasteiger charge is -2.17. The van der Waals surface area contributed by atoms with Gasteiger partial charge in [0.05, 0.1) is 11.7 Å². The van der Waals surface area contributed by atoms with Gasteiger partial charge < -0.3 is 5.32 Å². The van der Waals surface area contributed by atoms with Crippen molar-refractivity contribution in [1.29, 1.82) is 0 Å². The van der Waals surface area contributed by atoms with Crippen LogP contribution in [-0.4, -0.2) is 12.0 Å². The van der Waals surface area contributed by atoms with E-state index in [-0.39, 0.29) is 11.0 Å². The third kappa shape index (κ3) is 3.27. The molecule has 0 bridgehead atoms. The van der Waals surface area contributed by atoms with Crippen LogP contribution in [0.15, 0.2) is 17.5 Å². The number of benzene rings is 1. The fraction of sp³-hybridized carbons (Fsp3) is 0.400. The molecular formula is C15H17F3N2S. The summed E-state index contributed by atoms with van der Waals surface area (Å²) in [6, 6.07) is 0.832. The van der Waals surface area contributed by atoms with E-state index in [4.69, 9.17) is 0 Å². The SMILES string of the molecule is CNC(c1nc(C(C)(C)C)cs1)c1cc(F)c(F)cc1F. The molecule has 1 heterocycles. The van der Waals surface area contributed by atoms with Crippen LogP contribution >= 0.6 is 11.3 Å². The Hall–Kier alpha value is -1.40. The number of nitrogens with one attached hydrogen (secondary N) is 1. The predicted molar refractivity (Wildman–Crippen MR) is 78.0 cm³/mol. The van der Waals surface area contributed by atoms with E-state index in [1.165, 1.54) is 11.3 Å². The Morgan fingerprint density at radius 2 is 1.71 bits per heavy atom. The first-order valence-corrected chi connectivity index (χ1v) is 7.39. The lowest BCUT2D eigenvalue weighted by atomic mass is 9.93. The first kappa shape index (κ1) is 16.0. The molecule has 2 rings (SSSR count). The number of thiazole rings is 1. The van der Waals surface area contributed by atoms with Crippen LogP contribution < -0.4 is 5.32 Å². The number of aromatic nitrogens is 1. The minimum absolute atomic E-state index is 0.0474. The molecule has 1 aromatic heterocycles. The lowest BCUT2D eigenvalue weighted by Crippen LogP contribution is -2.20. The van der Waals surface area contributed by atoms with Crippen LogP contribution in [0.4, 0.5) is 13.2 Å². The van der Waals surface area contributed by atoms with E-state index in [9.17, 15) is 13.2 Å². The maximum absolute atomic E-state index is 13.9. The van der Waals surface area contributed by atoms with Crippen molar-refractivity contribution in [2.75, 3.05) is 7.05 Å². The molecule has 0 aliphatic carbocycles. The van der Waals surface area contributed by atoms with Crippen molar-refractivity contribution in [2.24, 2.45) is 0 Å². The predicted octanol–water partition coefficient (Wildman–Crippen LogP) is 4.17. The first-order chi connectivity index (χ1) is 9.74. The molecule has 0 aliphatic rings. The Labute approximate surface area is 126 Å². The van der Waals surface area contributed by atoms with Crippen molar-refractivity contribution in [3.8, 4) is 0 Å². The van der Waals surface area contributed by atoms with Crippen molar-refractivity contribution in [3.05, 3.63) is 51.2 Å². The number of nitrogens with zero attached hydrogens (tertiary/aromatic N) is 1. The largest absolute Gasteiger partial charge is 0.307 e. The molecule has 114 valence electrons. The molecule has 1 N–H and O–H groups in total. The monoisotopic (exact) mass is 314 g/mol. The summed E-state index contributed by atoms with van der Waals surface area (Å²) < 4.78 is 40.3. The number of rotatable bonds is 3. The topological polar surface area (TPSA) is 24.9 Å². The Bertz CT molecular complexity index is 647. The summed E-state index contributed by atoms with van der Waals surface area (Å²) in [5.41, 5.74) is 0.802. The third-order valence-corrected chi connectivity index (χ3v) is 4.09. The molecule has 2 aromatic rings.